The van der Waals surface area contributed by atoms with Crippen LogP contribution in [-0.2, 0) is 13.1 Å². The summed E-state index contributed by atoms with van der Waals surface area (Å²) in [4.78, 5) is 0. The van der Waals surface area contributed by atoms with Crippen LogP contribution in [0.1, 0.15) is 22.6 Å². The van der Waals surface area contributed by atoms with E-state index < -0.39 is 0 Å². The van der Waals surface area contributed by atoms with Crippen molar-refractivity contribution in [1.82, 2.24) is 10.5 Å². The molecule has 0 fully saturated rings. The molecule has 2 aromatic rings. The molecule has 0 aliphatic heterocycles. The Morgan fingerprint density at radius 2 is 2.05 bits per heavy atom. The lowest BCUT2D eigenvalue weighted by Gasteiger charge is -2.12. The third kappa shape index (κ3) is 3.99. The number of aliphatic hydroxyl groups excluding tert-OH is 1. The highest BCUT2D eigenvalue weighted by Crippen LogP contribution is 2.28. The van der Waals surface area contributed by atoms with Crippen molar-refractivity contribution < 1.29 is 19.1 Å². The summed E-state index contributed by atoms with van der Waals surface area (Å²) in [6, 6.07) is 5.74. The number of aliphatic hydroxyl groups is 1. The predicted octanol–water partition coefficient (Wildman–Crippen LogP) is 1.96. The number of nitrogens with one attached hydrogen (secondary N) is 1. The Kier molecular flexibility index (Phi) is 5.80. The largest absolute Gasteiger partial charge is 0.493 e. The second-order valence-corrected chi connectivity index (χ2v) is 4.96. The fourth-order valence-electron chi connectivity index (χ4n) is 2.18. The van der Waals surface area contributed by atoms with Crippen molar-refractivity contribution in [2.75, 3.05) is 20.3 Å². The van der Waals surface area contributed by atoms with Crippen molar-refractivity contribution in [1.29, 1.82) is 0 Å². The number of ether oxygens (including phenoxy) is 2. The van der Waals surface area contributed by atoms with E-state index in [9.17, 15) is 0 Å². The van der Waals surface area contributed by atoms with Crippen molar-refractivity contribution in [2.24, 2.45) is 0 Å². The van der Waals surface area contributed by atoms with Gasteiger partial charge >= 0.3 is 0 Å². The van der Waals surface area contributed by atoms with Gasteiger partial charge in [-0.25, -0.2) is 0 Å². The van der Waals surface area contributed by atoms with Crippen LogP contribution in [0.15, 0.2) is 22.7 Å². The number of benzene rings is 1. The van der Waals surface area contributed by atoms with E-state index in [0.29, 0.717) is 24.6 Å². The number of aromatic nitrogens is 1. The average Bonchev–Trinajstić information content (AvgIpc) is 2.85. The van der Waals surface area contributed by atoms with Gasteiger partial charge < -0.3 is 24.4 Å². The normalized spacial score (nSPS) is 10.7. The summed E-state index contributed by atoms with van der Waals surface area (Å²) in [5.41, 5.74) is 3.09. The third-order valence-electron chi connectivity index (χ3n) is 3.39. The molecule has 0 amide bonds. The van der Waals surface area contributed by atoms with E-state index in [2.05, 4.69) is 10.5 Å². The number of methoxy groups -OCH3 is 1. The SMILES string of the molecule is COc1cc(CNCc2c(C)noc2C)ccc1OCCO. The Morgan fingerprint density at radius 3 is 2.68 bits per heavy atom. The maximum Gasteiger partial charge on any atom is 0.161 e. The van der Waals surface area contributed by atoms with Crippen LogP contribution >= 0.6 is 0 Å². The Balaban J connectivity index is 1.95. The van der Waals surface area contributed by atoms with Gasteiger partial charge in [-0.15, -0.1) is 0 Å². The van der Waals surface area contributed by atoms with E-state index in [-0.39, 0.29) is 13.2 Å². The van der Waals surface area contributed by atoms with E-state index in [1.807, 2.05) is 32.0 Å². The topological polar surface area (TPSA) is 76.8 Å². The summed E-state index contributed by atoms with van der Waals surface area (Å²) in [6.45, 7) is 5.47. The molecule has 0 bridgehead atoms. The zero-order valence-electron chi connectivity index (χ0n) is 13.2. The van der Waals surface area contributed by atoms with Gasteiger partial charge in [-0.3, -0.25) is 0 Å². The smallest absolute Gasteiger partial charge is 0.161 e. The fourth-order valence-corrected chi connectivity index (χ4v) is 2.18. The van der Waals surface area contributed by atoms with E-state index in [4.69, 9.17) is 19.1 Å². The van der Waals surface area contributed by atoms with Gasteiger partial charge in [-0.05, 0) is 31.5 Å². The highest BCUT2D eigenvalue weighted by atomic mass is 16.5. The van der Waals surface area contributed by atoms with Crippen LogP contribution in [0.2, 0.25) is 0 Å². The minimum absolute atomic E-state index is 0.0239. The summed E-state index contributed by atoms with van der Waals surface area (Å²) in [5, 5.41) is 16.1. The molecule has 0 saturated carbocycles. The Labute approximate surface area is 130 Å². The number of nitrogens with zero attached hydrogens (tertiary/aromatic N) is 1. The predicted molar refractivity (Wildman–Crippen MR) is 82.1 cm³/mol. The second kappa shape index (κ2) is 7.82. The summed E-state index contributed by atoms with van der Waals surface area (Å²) in [5.74, 6) is 2.13. The molecule has 0 aliphatic rings. The molecule has 1 heterocycles. The van der Waals surface area contributed by atoms with Gasteiger partial charge in [0.1, 0.15) is 12.4 Å². The minimum atomic E-state index is -0.0239. The van der Waals surface area contributed by atoms with E-state index in [1.165, 1.54) is 0 Å². The molecule has 0 saturated heterocycles. The average molecular weight is 306 g/mol. The van der Waals surface area contributed by atoms with E-state index in [0.717, 1.165) is 22.6 Å². The number of hydrogen-bond acceptors (Lipinski definition) is 6. The maximum atomic E-state index is 8.81. The Bertz CT molecular complexity index is 591. The number of rotatable bonds is 8. The van der Waals surface area contributed by atoms with Gasteiger partial charge in [0.05, 0.1) is 19.4 Å². The van der Waals surface area contributed by atoms with Crippen LogP contribution in [0, 0.1) is 13.8 Å². The zero-order chi connectivity index (χ0) is 15.9. The molecule has 0 radical (unpaired) electrons. The zero-order valence-corrected chi connectivity index (χ0v) is 13.2. The van der Waals surface area contributed by atoms with Crippen molar-refractivity contribution in [2.45, 2.75) is 26.9 Å². The second-order valence-electron chi connectivity index (χ2n) is 4.96. The van der Waals surface area contributed by atoms with E-state index in [1.54, 1.807) is 7.11 Å². The molecule has 0 atom stereocenters. The first-order valence-corrected chi connectivity index (χ1v) is 7.18. The van der Waals surface area contributed by atoms with Crippen LogP contribution in [0.3, 0.4) is 0 Å². The molecule has 0 unspecified atom stereocenters. The van der Waals surface area contributed by atoms with Crippen molar-refractivity contribution in [3.63, 3.8) is 0 Å². The molecule has 120 valence electrons. The minimum Gasteiger partial charge on any atom is -0.493 e. The number of aryl methyl sites for hydroxylation is 2. The molecule has 1 aromatic heterocycles. The molecule has 2 N–H and O–H groups in total. The quantitative estimate of drug-likeness (QED) is 0.776. The van der Waals surface area contributed by atoms with Gasteiger partial charge in [-0.1, -0.05) is 11.2 Å². The summed E-state index contributed by atoms with van der Waals surface area (Å²) < 4.78 is 15.9. The standard InChI is InChI=1S/C16H22N2O4/c1-11-14(12(2)22-18-11)10-17-9-13-4-5-15(21-7-6-19)16(8-13)20-3/h4-5,8,17,19H,6-7,9-10H2,1-3H3. The molecular weight excluding hydrogens is 284 g/mol. The highest BCUT2D eigenvalue weighted by Gasteiger charge is 2.09. The van der Waals surface area contributed by atoms with Crippen LogP contribution in [0.4, 0.5) is 0 Å². The van der Waals surface area contributed by atoms with E-state index >= 15 is 0 Å². The maximum absolute atomic E-state index is 8.81. The van der Waals surface area contributed by atoms with Crippen molar-refractivity contribution in [3.05, 3.63) is 40.8 Å². The molecule has 6 nitrogen and oxygen atoms in total. The third-order valence-corrected chi connectivity index (χ3v) is 3.39. The van der Waals surface area contributed by atoms with Gasteiger partial charge in [0, 0.05) is 18.7 Å². The first kappa shape index (κ1) is 16.3. The molecule has 22 heavy (non-hydrogen) atoms. The number of hydrogen-bond donors (Lipinski definition) is 2. The van der Waals surface area contributed by atoms with Gasteiger partial charge in [0.25, 0.3) is 0 Å². The van der Waals surface area contributed by atoms with Crippen LogP contribution in [0.25, 0.3) is 0 Å². The Hall–Kier alpha value is -2.05. The van der Waals surface area contributed by atoms with Crippen LogP contribution in [-0.4, -0.2) is 30.6 Å². The first-order chi connectivity index (χ1) is 10.7. The van der Waals surface area contributed by atoms with Crippen molar-refractivity contribution >= 4 is 0 Å². The van der Waals surface area contributed by atoms with Gasteiger partial charge in [-0.2, -0.15) is 0 Å². The van der Waals surface area contributed by atoms with Crippen LogP contribution < -0.4 is 14.8 Å². The first-order valence-electron chi connectivity index (χ1n) is 7.18. The van der Waals surface area contributed by atoms with Crippen molar-refractivity contribution in [3.8, 4) is 11.5 Å². The molecule has 2 rings (SSSR count). The molecule has 0 aliphatic carbocycles. The molecule has 6 heteroatoms. The lowest BCUT2D eigenvalue weighted by Crippen LogP contribution is -2.14. The monoisotopic (exact) mass is 306 g/mol. The van der Waals surface area contributed by atoms with Gasteiger partial charge in [0.15, 0.2) is 11.5 Å². The molecular formula is C16H22N2O4. The lowest BCUT2D eigenvalue weighted by atomic mass is 10.1. The molecule has 0 spiro atoms. The Morgan fingerprint density at radius 1 is 1.23 bits per heavy atom. The fraction of sp³-hybridized carbons (Fsp3) is 0.438. The van der Waals surface area contributed by atoms with Gasteiger partial charge in [0.2, 0.25) is 0 Å². The van der Waals surface area contributed by atoms with Crippen LogP contribution in [0.5, 0.6) is 11.5 Å². The summed E-state index contributed by atoms with van der Waals surface area (Å²) >= 11 is 0. The summed E-state index contributed by atoms with van der Waals surface area (Å²) in [6.07, 6.45) is 0. The highest BCUT2D eigenvalue weighted by molar-refractivity contribution is 5.43. The molecule has 1 aromatic carbocycles. The summed E-state index contributed by atoms with van der Waals surface area (Å²) in [7, 11) is 1.60. The lowest BCUT2D eigenvalue weighted by molar-refractivity contribution is 0.196.